The summed E-state index contributed by atoms with van der Waals surface area (Å²) in [5, 5.41) is 2.96. The van der Waals surface area contributed by atoms with E-state index in [-0.39, 0.29) is 0 Å². The van der Waals surface area contributed by atoms with E-state index in [9.17, 15) is 8.42 Å². The lowest BCUT2D eigenvalue weighted by atomic mass is 10.2. The average Bonchev–Trinajstić information content (AvgIpc) is 2.30. The van der Waals surface area contributed by atoms with Crippen LogP contribution in [-0.4, -0.2) is 39.4 Å². The average molecular weight is 256 g/mol. The molecule has 17 heavy (non-hydrogen) atoms. The van der Waals surface area contributed by atoms with Crippen LogP contribution >= 0.6 is 0 Å². The van der Waals surface area contributed by atoms with Crippen molar-refractivity contribution in [1.29, 1.82) is 0 Å². The van der Waals surface area contributed by atoms with E-state index in [1.54, 1.807) is 18.2 Å². The van der Waals surface area contributed by atoms with Gasteiger partial charge >= 0.3 is 0 Å². The molecule has 5 heteroatoms. The lowest BCUT2D eigenvalue weighted by molar-refractivity contribution is 0.425. The van der Waals surface area contributed by atoms with Gasteiger partial charge in [0.25, 0.3) is 0 Å². The molecule has 1 rings (SSSR count). The fraction of sp³-hybridized carbons (Fsp3) is 0.500. The van der Waals surface area contributed by atoms with Gasteiger partial charge in [0.15, 0.2) is 0 Å². The van der Waals surface area contributed by atoms with Gasteiger partial charge in [-0.15, -0.1) is 0 Å². The normalized spacial score (nSPS) is 12.0. The third-order valence-corrected chi connectivity index (χ3v) is 4.56. The highest BCUT2D eigenvalue weighted by Gasteiger charge is 2.22. The zero-order valence-corrected chi connectivity index (χ0v) is 11.4. The van der Waals surface area contributed by atoms with Crippen molar-refractivity contribution in [2.45, 2.75) is 18.7 Å². The molecule has 1 N–H and O–H groups in total. The van der Waals surface area contributed by atoms with Crippen LogP contribution in [0, 0.1) is 6.92 Å². The van der Waals surface area contributed by atoms with E-state index in [1.165, 1.54) is 4.31 Å². The lowest BCUT2D eigenvalue weighted by Gasteiger charge is -2.20. The van der Waals surface area contributed by atoms with E-state index < -0.39 is 10.0 Å². The summed E-state index contributed by atoms with van der Waals surface area (Å²) >= 11 is 0. The lowest BCUT2D eigenvalue weighted by Crippen LogP contribution is -2.36. The summed E-state index contributed by atoms with van der Waals surface area (Å²) in [5.41, 5.74) is 0.954. The van der Waals surface area contributed by atoms with Crippen LogP contribution < -0.4 is 5.32 Å². The molecule has 0 amide bonds. The summed E-state index contributed by atoms with van der Waals surface area (Å²) in [4.78, 5) is 0.371. The smallest absolute Gasteiger partial charge is 0.243 e. The van der Waals surface area contributed by atoms with Crippen molar-refractivity contribution in [2.24, 2.45) is 0 Å². The van der Waals surface area contributed by atoms with Crippen molar-refractivity contribution < 1.29 is 8.42 Å². The minimum absolute atomic E-state index is 0.371. The maximum absolute atomic E-state index is 12.3. The Bertz CT molecular complexity index is 457. The Kier molecular flexibility index (Phi) is 5.11. The molecule has 0 aliphatic carbocycles. The Balaban J connectivity index is 3.00. The molecule has 0 unspecified atom stereocenters. The molecule has 1 aromatic rings. The third-order valence-electron chi connectivity index (χ3n) is 2.59. The number of hydrogen-bond donors (Lipinski definition) is 1. The van der Waals surface area contributed by atoms with Gasteiger partial charge in [-0.25, -0.2) is 8.42 Å². The maximum atomic E-state index is 12.3. The largest absolute Gasteiger partial charge is 0.318 e. The SMILES string of the molecule is CCN(CCNC)S(=O)(=O)c1cccc(C)c1. The first-order valence-corrected chi connectivity index (χ1v) is 7.17. The molecule has 0 bridgehead atoms. The summed E-state index contributed by atoms with van der Waals surface area (Å²) in [5.74, 6) is 0. The first kappa shape index (κ1) is 14.2. The molecule has 1 aromatic carbocycles. The van der Waals surface area contributed by atoms with Crippen LogP contribution in [0.1, 0.15) is 12.5 Å². The van der Waals surface area contributed by atoms with Crippen molar-refractivity contribution in [3.63, 3.8) is 0 Å². The zero-order chi connectivity index (χ0) is 12.9. The molecule has 0 radical (unpaired) electrons. The third kappa shape index (κ3) is 3.52. The summed E-state index contributed by atoms with van der Waals surface area (Å²) in [7, 11) is -1.54. The molecule has 0 aliphatic heterocycles. The quantitative estimate of drug-likeness (QED) is 0.832. The molecule has 0 fully saturated rings. The zero-order valence-electron chi connectivity index (χ0n) is 10.6. The number of nitrogens with zero attached hydrogens (tertiary/aromatic N) is 1. The van der Waals surface area contributed by atoms with Crippen molar-refractivity contribution >= 4 is 10.0 Å². The first-order valence-electron chi connectivity index (χ1n) is 5.73. The van der Waals surface area contributed by atoms with E-state index in [1.807, 2.05) is 27.0 Å². The second-order valence-electron chi connectivity index (χ2n) is 3.92. The predicted molar refractivity (Wildman–Crippen MR) is 69.5 cm³/mol. The Morgan fingerprint density at radius 2 is 2.06 bits per heavy atom. The summed E-state index contributed by atoms with van der Waals surface area (Å²) in [6.07, 6.45) is 0. The molecule has 0 saturated heterocycles. The summed E-state index contributed by atoms with van der Waals surface area (Å²) < 4.78 is 26.1. The highest BCUT2D eigenvalue weighted by Crippen LogP contribution is 2.16. The van der Waals surface area contributed by atoms with Crippen LogP contribution in [0.4, 0.5) is 0 Å². The molecule has 0 aliphatic rings. The number of sulfonamides is 1. The molecule has 0 saturated carbocycles. The Labute approximate surface area is 104 Å². The van der Waals surface area contributed by atoms with Gasteiger partial charge in [0.05, 0.1) is 4.90 Å². The van der Waals surface area contributed by atoms with Gasteiger partial charge in [-0.05, 0) is 31.7 Å². The molecule has 0 atom stereocenters. The second-order valence-corrected chi connectivity index (χ2v) is 5.85. The monoisotopic (exact) mass is 256 g/mol. The summed E-state index contributed by atoms with van der Waals surface area (Å²) in [6.45, 7) is 5.37. The maximum Gasteiger partial charge on any atom is 0.243 e. The highest BCUT2D eigenvalue weighted by molar-refractivity contribution is 7.89. The predicted octanol–water partition coefficient (Wildman–Crippen LogP) is 1.23. The fourth-order valence-corrected chi connectivity index (χ4v) is 3.16. The topological polar surface area (TPSA) is 49.4 Å². The minimum Gasteiger partial charge on any atom is -0.318 e. The van der Waals surface area contributed by atoms with E-state index in [4.69, 9.17) is 0 Å². The van der Waals surface area contributed by atoms with Gasteiger partial charge in [-0.3, -0.25) is 0 Å². The number of rotatable bonds is 6. The van der Waals surface area contributed by atoms with Gasteiger partial charge in [-0.1, -0.05) is 19.1 Å². The number of aryl methyl sites for hydroxylation is 1. The van der Waals surface area contributed by atoms with Crippen molar-refractivity contribution in [1.82, 2.24) is 9.62 Å². The Hall–Kier alpha value is -0.910. The number of hydrogen-bond acceptors (Lipinski definition) is 3. The van der Waals surface area contributed by atoms with Gasteiger partial charge in [-0.2, -0.15) is 4.31 Å². The van der Waals surface area contributed by atoms with Crippen LogP contribution in [0.5, 0.6) is 0 Å². The van der Waals surface area contributed by atoms with Gasteiger partial charge < -0.3 is 5.32 Å². The molecule has 96 valence electrons. The van der Waals surface area contributed by atoms with Gasteiger partial charge in [0.1, 0.15) is 0 Å². The molecular weight excluding hydrogens is 236 g/mol. The number of benzene rings is 1. The standard InChI is InChI=1S/C12H20N2O2S/c1-4-14(9-8-13-3)17(15,16)12-7-5-6-11(2)10-12/h5-7,10,13H,4,8-9H2,1-3H3. The Morgan fingerprint density at radius 3 is 2.59 bits per heavy atom. The number of nitrogens with one attached hydrogen (secondary N) is 1. The van der Waals surface area contributed by atoms with Crippen molar-refractivity contribution in [3.8, 4) is 0 Å². The Morgan fingerprint density at radius 1 is 1.35 bits per heavy atom. The second kappa shape index (κ2) is 6.14. The van der Waals surface area contributed by atoms with E-state index >= 15 is 0 Å². The van der Waals surface area contributed by atoms with Gasteiger partial charge in [0, 0.05) is 19.6 Å². The van der Waals surface area contributed by atoms with Crippen LogP contribution in [-0.2, 0) is 10.0 Å². The highest BCUT2D eigenvalue weighted by atomic mass is 32.2. The van der Waals surface area contributed by atoms with E-state index in [0.29, 0.717) is 24.5 Å². The van der Waals surface area contributed by atoms with E-state index in [2.05, 4.69) is 5.32 Å². The van der Waals surface area contributed by atoms with Crippen molar-refractivity contribution in [3.05, 3.63) is 29.8 Å². The first-order chi connectivity index (χ1) is 8.02. The molecular formula is C12H20N2O2S. The molecule has 0 spiro atoms. The van der Waals surface area contributed by atoms with Crippen molar-refractivity contribution in [2.75, 3.05) is 26.7 Å². The fourth-order valence-electron chi connectivity index (χ4n) is 1.61. The van der Waals surface area contributed by atoms with Crippen LogP contribution in [0.3, 0.4) is 0 Å². The molecule has 0 heterocycles. The summed E-state index contributed by atoms with van der Waals surface area (Å²) in [6, 6.07) is 7.01. The van der Waals surface area contributed by atoms with Crippen LogP contribution in [0.15, 0.2) is 29.2 Å². The molecule has 0 aromatic heterocycles. The molecule has 4 nitrogen and oxygen atoms in total. The van der Waals surface area contributed by atoms with Crippen LogP contribution in [0.25, 0.3) is 0 Å². The number of likely N-dealkylation sites (N-methyl/N-ethyl adjacent to an activating group) is 2. The van der Waals surface area contributed by atoms with E-state index in [0.717, 1.165) is 5.56 Å². The van der Waals surface area contributed by atoms with Crippen LogP contribution in [0.2, 0.25) is 0 Å². The van der Waals surface area contributed by atoms with Gasteiger partial charge in [0.2, 0.25) is 10.0 Å². The minimum atomic E-state index is -3.35.